The van der Waals surface area contributed by atoms with Crippen LogP contribution in [0.25, 0.3) is 88.8 Å². The number of rotatable bonds is 23. The number of alkyl carbamates (subject to hydrolysis) is 2. The van der Waals surface area contributed by atoms with Crippen LogP contribution in [-0.4, -0.2) is 191 Å². The third-order valence-corrected chi connectivity index (χ3v) is 28.7. The van der Waals surface area contributed by atoms with Crippen molar-refractivity contribution < 1.29 is 62.4 Å². The standard InChI is InChI=1S/C54H60N8O6.C47H50N8O4.C7H12O3/c1-32(2)47(60-54(66)67-3)52(64)62-24-8-12-45(62)51-56-42-20-18-39-29-38(17-19-41(39)49(42)59-51)35-13-14-37-30-40(16-15-36(37)28-35)43-31-55-50(57-43)44-11-7-23-61(44)53(65)48(34-9-5-4-6-10-34)58-46(63)27-33-21-25-68-26-22-33;1-27(2)41(53-47(58)59-3)46(57)55-22-8-12-39(55)44-50-36-20-18-33-24-32(17-19-35(33)42(36)52-44)29-13-14-31-25-34(16-15-30(31)23-29)37-26-49-43(51-37)38-11-7-21-54(38)45(56)40(48)28-9-5-4-6-10-28;8-7(9)5-6-1-3-10-4-2-6/h4-6,9-10,13-17,19,28-33,44-45,47-48H,7-8,11-12,18,20-27H2,1-3H3,(H,55,57)(H,56,59)(H,58,63)(H,60,66);4-6,9-10,13-17,19,23-27,38-41H,7-8,11-12,18,20-22,48H2,1-3H3,(H,49,51)(H,50,52)(H,53,58);6H,1-5H2,(H,8,9)/t44-,45-,47-,48+;38-,39-,40+,41-;/m00./s1. The molecule has 0 spiro atoms. The largest absolute Gasteiger partial charge is 0.481 e. The van der Waals surface area contributed by atoms with E-state index in [4.69, 9.17) is 49.7 Å². The van der Waals surface area contributed by atoms with Crippen molar-refractivity contribution in [2.75, 3.05) is 66.8 Å². The number of amides is 7. The van der Waals surface area contributed by atoms with E-state index in [1.165, 1.54) is 25.3 Å². The number of carbonyl (C=O) groups excluding carboxylic acids is 7. The van der Waals surface area contributed by atoms with Crippen molar-refractivity contribution in [1.82, 2.24) is 75.4 Å². The summed E-state index contributed by atoms with van der Waals surface area (Å²) in [7, 11) is 2.61. The first-order chi connectivity index (χ1) is 66.6. The Labute approximate surface area is 797 Å². The van der Waals surface area contributed by atoms with Crippen LogP contribution >= 0.6 is 0 Å². The average molecular weight is 1850 g/mol. The number of aromatic nitrogens is 8. The molecule has 6 fully saturated rings. The zero-order chi connectivity index (χ0) is 95.1. The Bertz CT molecular complexity index is 6410. The number of benzene rings is 8. The summed E-state index contributed by atoms with van der Waals surface area (Å²) in [4.78, 5) is 145. The van der Waals surface area contributed by atoms with Gasteiger partial charge in [0, 0.05) is 99.1 Å². The summed E-state index contributed by atoms with van der Waals surface area (Å²) in [6.45, 7) is 13.0. The highest BCUT2D eigenvalue weighted by Gasteiger charge is 2.43. The average Bonchev–Trinajstić information content (AvgIpc) is 1.68. The van der Waals surface area contributed by atoms with Crippen molar-refractivity contribution in [3.8, 4) is 67.3 Å². The number of imidazole rings is 4. The van der Waals surface area contributed by atoms with Crippen molar-refractivity contribution in [2.24, 2.45) is 29.4 Å². The summed E-state index contributed by atoms with van der Waals surface area (Å²) in [6.07, 6.45) is 16.9. The molecule has 10 heterocycles. The van der Waals surface area contributed by atoms with E-state index in [1.807, 2.05) is 120 Å². The quantitative estimate of drug-likeness (QED) is 0.0287. The number of methoxy groups -OCH3 is 2. The number of fused-ring (bicyclic) bond motifs is 8. The number of H-pyrrole nitrogens is 4. The van der Waals surface area contributed by atoms with Gasteiger partial charge in [0.05, 0.1) is 73.6 Å². The number of aromatic amines is 4. The predicted octanol–water partition coefficient (Wildman–Crippen LogP) is 17.4. The highest BCUT2D eigenvalue weighted by Crippen LogP contribution is 2.45. The molecule has 7 amide bonds. The lowest BCUT2D eigenvalue weighted by molar-refractivity contribution is -0.139. The number of nitrogens with one attached hydrogen (secondary N) is 7. The van der Waals surface area contributed by atoms with Gasteiger partial charge >= 0.3 is 18.2 Å². The van der Waals surface area contributed by atoms with E-state index in [-0.39, 0.29) is 71.5 Å². The minimum absolute atomic E-state index is 0.0778. The molecule has 0 bridgehead atoms. The third-order valence-electron chi connectivity index (χ3n) is 28.7. The van der Waals surface area contributed by atoms with E-state index >= 15 is 0 Å². The van der Waals surface area contributed by atoms with Gasteiger partial charge in [-0.1, -0.05) is 173 Å². The number of ether oxygens (including phenoxy) is 4. The number of nitrogens with zero attached hydrogens (tertiary/aromatic N) is 8. The lowest BCUT2D eigenvalue weighted by Gasteiger charge is -2.30. The highest BCUT2D eigenvalue weighted by molar-refractivity contribution is 5.95. The molecule has 712 valence electrons. The van der Waals surface area contributed by atoms with Crippen LogP contribution in [-0.2, 0) is 73.4 Å². The summed E-state index contributed by atoms with van der Waals surface area (Å²) in [5, 5.41) is 21.5. The number of nitrogens with two attached hydrogens (primary N) is 1. The Balaban J connectivity index is 0.000000166. The van der Waals surface area contributed by atoms with E-state index in [1.54, 1.807) is 0 Å². The number of hydrogen-bond acceptors (Lipinski definition) is 17. The van der Waals surface area contributed by atoms with Crippen LogP contribution in [0.4, 0.5) is 9.59 Å². The maximum Gasteiger partial charge on any atom is 0.407 e. The fraction of sp³-hybridized carbons (Fsp3) is 0.407. The van der Waals surface area contributed by atoms with E-state index in [0.29, 0.717) is 58.2 Å². The number of carboxylic acids is 1. The van der Waals surface area contributed by atoms with E-state index in [2.05, 4.69) is 145 Å². The molecule has 20 rings (SSSR count). The highest BCUT2D eigenvalue weighted by atomic mass is 16.5. The van der Waals surface area contributed by atoms with Crippen molar-refractivity contribution in [3.05, 3.63) is 239 Å². The van der Waals surface area contributed by atoms with E-state index in [0.717, 1.165) is 251 Å². The van der Waals surface area contributed by atoms with Gasteiger partial charge in [-0.25, -0.2) is 29.5 Å². The fourth-order valence-corrected chi connectivity index (χ4v) is 21.1. The number of aryl methyl sites for hydroxylation is 4. The maximum absolute atomic E-state index is 14.4. The minimum atomic E-state index is -0.779. The van der Waals surface area contributed by atoms with E-state index < -0.39 is 42.3 Å². The van der Waals surface area contributed by atoms with Crippen LogP contribution in [0, 0.1) is 23.7 Å². The first kappa shape index (κ1) is 93.7. The summed E-state index contributed by atoms with van der Waals surface area (Å²) >= 11 is 0. The summed E-state index contributed by atoms with van der Waals surface area (Å²) in [6, 6.07) is 54.8. The third kappa shape index (κ3) is 20.7. The second-order valence-corrected chi connectivity index (χ2v) is 38.2. The van der Waals surface area contributed by atoms with Crippen molar-refractivity contribution >= 4 is 69.2 Å². The van der Waals surface area contributed by atoms with Gasteiger partial charge in [-0.2, -0.15) is 0 Å². The Kier molecular flexibility index (Phi) is 28.7. The van der Waals surface area contributed by atoms with Gasteiger partial charge in [-0.3, -0.25) is 28.8 Å². The zero-order valence-corrected chi connectivity index (χ0v) is 78.6. The number of hydrogen-bond donors (Lipinski definition) is 9. The summed E-state index contributed by atoms with van der Waals surface area (Å²) < 4.78 is 20.2. The summed E-state index contributed by atoms with van der Waals surface area (Å²) in [5.74, 6) is 2.32. The lowest BCUT2D eigenvalue weighted by atomic mass is 9.89. The minimum Gasteiger partial charge on any atom is -0.481 e. The second kappa shape index (κ2) is 41.9. The van der Waals surface area contributed by atoms with Gasteiger partial charge in [-0.15, -0.1) is 0 Å². The molecule has 8 aliphatic rings. The molecule has 8 atom stereocenters. The topological polar surface area (TPSA) is 384 Å². The molecular formula is C108H122N16O13. The number of carbonyl (C=O) groups is 8. The van der Waals surface area contributed by atoms with Crippen LogP contribution in [0.2, 0.25) is 0 Å². The molecule has 10 N–H and O–H groups in total. The van der Waals surface area contributed by atoms with Gasteiger partial charge in [0.2, 0.25) is 29.5 Å². The molecule has 6 saturated heterocycles. The molecule has 29 nitrogen and oxygen atoms in total. The molecule has 12 aromatic rings. The Morgan fingerprint density at radius 3 is 1.21 bits per heavy atom. The SMILES string of the molecule is COC(=O)N[C@H](C(=O)N1CCC[C@H]1c1nc2c([nH]1)CCc1cc(-c3ccc4cc(-c5cnc([C@@H]6CCCN6C(=O)[C@H](N)c6ccccc6)[nH]5)ccc4c3)ccc1-2)C(C)C.COC(=O)N[C@H](C(=O)N1CCC[C@H]1c1nc2c([nH]1)CCc1cc(-c3ccc4cc(-c5cnc([C@@H]6CCCN6C(=O)[C@H](NC(=O)CC6CCOCC6)c6ccccc6)[nH]5)ccc4c3)ccc1-2)C(C)C.O=C(O)CC1CCOCC1. The van der Waals surface area contributed by atoms with Crippen LogP contribution < -0.4 is 21.7 Å². The molecule has 0 unspecified atom stereocenters. The van der Waals surface area contributed by atoms with Crippen molar-refractivity contribution in [2.45, 2.75) is 192 Å². The molecule has 6 aliphatic heterocycles. The molecular weight excluding hydrogens is 1730 g/mol. The molecule has 2 aliphatic carbocycles. The second-order valence-electron chi connectivity index (χ2n) is 38.2. The molecule has 0 saturated carbocycles. The first-order valence-electron chi connectivity index (χ1n) is 48.6. The van der Waals surface area contributed by atoms with Crippen LogP contribution in [0.15, 0.2) is 182 Å². The summed E-state index contributed by atoms with van der Waals surface area (Å²) in [5.41, 5.74) is 25.2. The van der Waals surface area contributed by atoms with Gasteiger partial charge in [-0.05, 0) is 217 Å². The Morgan fingerprint density at radius 2 is 0.796 bits per heavy atom. The Hall–Kier alpha value is -13.6. The van der Waals surface area contributed by atoms with Crippen LogP contribution in [0.1, 0.15) is 211 Å². The fourth-order valence-electron chi connectivity index (χ4n) is 21.1. The smallest absolute Gasteiger partial charge is 0.407 e. The molecule has 8 aromatic carbocycles. The Morgan fingerprint density at radius 1 is 0.423 bits per heavy atom. The predicted molar refractivity (Wildman–Crippen MR) is 522 cm³/mol. The van der Waals surface area contributed by atoms with Gasteiger partial charge in [0.25, 0.3) is 0 Å². The van der Waals surface area contributed by atoms with Crippen LogP contribution in [0.3, 0.4) is 0 Å². The molecule has 4 aromatic heterocycles. The van der Waals surface area contributed by atoms with Crippen LogP contribution in [0.5, 0.6) is 0 Å². The van der Waals surface area contributed by atoms with Crippen molar-refractivity contribution in [1.29, 1.82) is 0 Å². The number of aliphatic carboxylic acids is 1. The first-order valence-corrected chi connectivity index (χ1v) is 48.6. The number of likely N-dealkylation sites (tertiary alicyclic amines) is 4. The van der Waals surface area contributed by atoms with Gasteiger partial charge in [0.1, 0.15) is 47.5 Å². The molecule has 0 radical (unpaired) electrons. The monoisotopic (exact) mass is 1850 g/mol. The van der Waals surface area contributed by atoms with Gasteiger partial charge < -0.3 is 85.3 Å². The lowest BCUT2D eigenvalue weighted by Crippen LogP contribution is -2.51. The van der Waals surface area contributed by atoms with E-state index in [9.17, 15) is 38.4 Å². The molecule has 137 heavy (non-hydrogen) atoms. The molecule has 29 heteroatoms. The normalized spacial score (nSPS) is 19.0. The maximum atomic E-state index is 14.4. The van der Waals surface area contributed by atoms with Gasteiger partial charge in [0.15, 0.2) is 0 Å². The number of carboxylic acid groups (broad SMARTS) is 1. The zero-order valence-electron chi connectivity index (χ0n) is 78.6. The van der Waals surface area contributed by atoms with Crippen molar-refractivity contribution in [3.63, 3.8) is 0 Å².